The van der Waals surface area contributed by atoms with E-state index in [1.54, 1.807) is 18.3 Å². The Labute approximate surface area is 90.7 Å². The van der Waals surface area contributed by atoms with E-state index in [1.807, 2.05) is 0 Å². The predicted molar refractivity (Wildman–Crippen MR) is 55.9 cm³/mol. The lowest BCUT2D eigenvalue weighted by Gasteiger charge is -2.03. The first kappa shape index (κ1) is 9.67. The van der Waals surface area contributed by atoms with E-state index in [0.717, 1.165) is 0 Å². The number of rotatable bonds is 1. The molecule has 2 aromatic rings. The highest BCUT2D eigenvalue weighted by Crippen LogP contribution is 2.09. The number of nitrogens with zero attached hydrogens (tertiary/aromatic N) is 3. The summed E-state index contributed by atoms with van der Waals surface area (Å²) in [7, 11) is 0. The lowest BCUT2D eigenvalue weighted by atomic mass is 10.4. The van der Waals surface area contributed by atoms with Crippen molar-refractivity contribution in [3.63, 3.8) is 0 Å². The zero-order valence-corrected chi connectivity index (χ0v) is 8.35. The summed E-state index contributed by atoms with van der Waals surface area (Å²) in [5.74, 6) is 0.443. The number of imidazole rings is 1. The van der Waals surface area contributed by atoms with Gasteiger partial charge < -0.3 is 0 Å². The van der Waals surface area contributed by atoms with Gasteiger partial charge in [-0.2, -0.15) is 0 Å². The largest absolute Gasteiger partial charge is 0.332 e. The first-order valence-corrected chi connectivity index (χ1v) is 4.54. The van der Waals surface area contributed by atoms with Crippen molar-refractivity contribution < 1.29 is 4.79 Å². The van der Waals surface area contributed by atoms with Crippen molar-refractivity contribution in [2.45, 2.75) is 0 Å². The average Bonchev–Trinajstić information content (AvgIpc) is 2.74. The van der Waals surface area contributed by atoms with Crippen LogP contribution in [0, 0.1) is 0 Å². The number of carbonyl (C=O) groups excluding carboxylic acids is 1. The van der Waals surface area contributed by atoms with Gasteiger partial charge in [-0.15, -0.1) is 0 Å². The van der Waals surface area contributed by atoms with Crippen LogP contribution >= 0.6 is 11.6 Å². The monoisotopic (exact) mass is 222 g/mol. The number of nitrogens with one attached hydrogen (secondary N) is 1. The molecule has 2 rings (SSSR count). The maximum absolute atomic E-state index is 11.5. The number of aromatic nitrogens is 3. The highest BCUT2D eigenvalue weighted by molar-refractivity contribution is 6.30. The second-order valence-electron chi connectivity index (χ2n) is 2.76. The van der Waals surface area contributed by atoms with E-state index in [4.69, 9.17) is 11.6 Å². The summed E-state index contributed by atoms with van der Waals surface area (Å²) in [6.45, 7) is 0. The van der Waals surface area contributed by atoms with Gasteiger partial charge in [0, 0.05) is 18.6 Å². The second kappa shape index (κ2) is 4.10. The lowest BCUT2D eigenvalue weighted by Crippen LogP contribution is -2.18. The zero-order valence-electron chi connectivity index (χ0n) is 7.59. The maximum atomic E-state index is 11.5. The molecule has 1 amide bonds. The molecule has 2 heterocycles. The van der Waals surface area contributed by atoms with Gasteiger partial charge in [0.05, 0.1) is 5.02 Å². The van der Waals surface area contributed by atoms with Gasteiger partial charge in [0.1, 0.15) is 12.1 Å². The molecular formula is C9H7ClN4O. The third-order valence-electron chi connectivity index (χ3n) is 1.70. The van der Waals surface area contributed by atoms with Crippen molar-refractivity contribution in [2.75, 3.05) is 5.32 Å². The number of carbonyl (C=O) groups is 1. The number of hydrogen-bond donors (Lipinski definition) is 1. The first-order valence-electron chi connectivity index (χ1n) is 4.16. The van der Waals surface area contributed by atoms with Crippen molar-refractivity contribution in [1.29, 1.82) is 0 Å². The van der Waals surface area contributed by atoms with Crippen LogP contribution in [0.2, 0.25) is 5.02 Å². The molecule has 0 unspecified atom stereocenters. The highest BCUT2D eigenvalue weighted by atomic mass is 35.5. The van der Waals surface area contributed by atoms with E-state index >= 15 is 0 Å². The van der Waals surface area contributed by atoms with E-state index in [9.17, 15) is 4.79 Å². The van der Waals surface area contributed by atoms with Gasteiger partial charge in [-0.25, -0.2) is 14.8 Å². The molecule has 0 fully saturated rings. The number of hydrogen-bond acceptors (Lipinski definition) is 3. The highest BCUT2D eigenvalue weighted by Gasteiger charge is 2.03. The topological polar surface area (TPSA) is 59.8 Å². The van der Waals surface area contributed by atoms with Crippen molar-refractivity contribution in [1.82, 2.24) is 14.5 Å². The summed E-state index contributed by atoms with van der Waals surface area (Å²) in [6.07, 6.45) is 5.94. The molecule has 0 aliphatic rings. The molecule has 0 saturated heterocycles. The second-order valence-corrected chi connectivity index (χ2v) is 3.20. The van der Waals surface area contributed by atoms with Crippen molar-refractivity contribution in [3.8, 4) is 0 Å². The number of halogens is 1. The molecular weight excluding hydrogens is 216 g/mol. The van der Waals surface area contributed by atoms with Crippen molar-refractivity contribution in [2.24, 2.45) is 0 Å². The zero-order chi connectivity index (χ0) is 10.7. The van der Waals surface area contributed by atoms with E-state index < -0.39 is 0 Å². The summed E-state index contributed by atoms with van der Waals surface area (Å²) in [5, 5.41) is 3.11. The molecule has 6 heteroatoms. The molecule has 76 valence electrons. The van der Waals surface area contributed by atoms with Gasteiger partial charge in [0.2, 0.25) is 0 Å². The number of pyridine rings is 1. The van der Waals surface area contributed by atoms with Crippen LogP contribution in [0.4, 0.5) is 10.6 Å². The van der Waals surface area contributed by atoms with Crippen LogP contribution in [-0.2, 0) is 0 Å². The van der Waals surface area contributed by atoms with Gasteiger partial charge in [0.15, 0.2) is 0 Å². The normalized spacial score (nSPS) is 9.93. The van der Waals surface area contributed by atoms with Crippen molar-refractivity contribution >= 4 is 23.4 Å². The van der Waals surface area contributed by atoms with E-state index in [1.165, 1.54) is 23.3 Å². The van der Waals surface area contributed by atoms with E-state index in [0.29, 0.717) is 10.8 Å². The average molecular weight is 223 g/mol. The Morgan fingerprint density at radius 3 is 2.93 bits per heavy atom. The fourth-order valence-electron chi connectivity index (χ4n) is 1.00. The molecule has 0 saturated carbocycles. The molecule has 0 aliphatic heterocycles. The van der Waals surface area contributed by atoms with Crippen molar-refractivity contribution in [3.05, 3.63) is 42.1 Å². The van der Waals surface area contributed by atoms with Crippen LogP contribution in [0.3, 0.4) is 0 Å². The molecule has 15 heavy (non-hydrogen) atoms. The number of anilines is 1. The minimum absolute atomic E-state index is 0.317. The Bertz CT molecular complexity index is 451. The minimum atomic E-state index is -0.317. The molecule has 0 atom stereocenters. The van der Waals surface area contributed by atoms with Gasteiger partial charge in [-0.05, 0) is 12.1 Å². The Kier molecular flexibility index (Phi) is 2.64. The summed E-state index contributed by atoms with van der Waals surface area (Å²) in [4.78, 5) is 19.2. The molecule has 5 nitrogen and oxygen atoms in total. The van der Waals surface area contributed by atoms with Gasteiger partial charge >= 0.3 is 6.03 Å². The maximum Gasteiger partial charge on any atom is 0.332 e. The van der Waals surface area contributed by atoms with E-state index in [-0.39, 0.29) is 6.03 Å². The summed E-state index contributed by atoms with van der Waals surface area (Å²) in [5.41, 5.74) is 0. The number of amides is 1. The van der Waals surface area contributed by atoms with Gasteiger partial charge in [-0.3, -0.25) is 9.88 Å². The Morgan fingerprint density at radius 2 is 2.33 bits per heavy atom. The Morgan fingerprint density at radius 1 is 1.47 bits per heavy atom. The molecule has 0 spiro atoms. The molecule has 2 aromatic heterocycles. The molecule has 1 N–H and O–H groups in total. The summed E-state index contributed by atoms with van der Waals surface area (Å²) >= 11 is 5.66. The third kappa shape index (κ3) is 2.32. The van der Waals surface area contributed by atoms with Crippen LogP contribution in [0.5, 0.6) is 0 Å². The van der Waals surface area contributed by atoms with Crippen LogP contribution in [0.15, 0.2) is 37.1 Å². The first-order chi connectivity index (χ1) is 7.25. The Hall–Kier alpha value is -1.88. The molecule has 0 aliphatic carbocycles. The smallest absolute Gasteiger partial charge is 0.292 e. The van der Waals surface area contributed by atoms with Gasteiger partial charge in [-0.1, -0.05) is 11.6 Å². The summed E-state index contributed by atoms with van der Waals surface area (Å²) < 4.78 is 1.32. The lowest BCUT2D eigenvalue weighted by molar-refractivity contribution is 0.253. The van der Waals surface area contributed by atoms with Crippen LogP contribution in [-0.4, -0.2) is 20.6 Å². The Balaban J connectivity index is 2.09. The fraction of sp³-hybridized carbons (Fsp3) is 0. The van der Waals surface area contributed by atoms with Gasteiger partial charge in [0.25, 0.3) is 0 Å². The fourth-order valence-corrected chi connectivity index (χ4v) is 1.11. The molecule has 0 bridgehead atoms. The summed E-state index contributed by atoms with van der Waals surface area (Å²) in [6, 6.07) is 2.96. The van der Waals surface area contributed by atoms with Crippen LogP contribution < -0.4 is 5.32 Å². The van der Waals surface area contributed by atoms with Crippen LogP contribution in [0.25, 0.3) is 0 Å². The van der Waals surface area contributed by atoms with Crippen LogP contribution in [0.1, 0.15) is 0 Å². The quantitative estimate of drug-likeness (QED) is 0.803. The molecule has 0 radical (unpaired) electrons. The third-order valence-corrected chi connectivity index (χ3v) is 1.92. The molecule has 0 aromatic carbocycles. The minimum Gasteiger partial charge on any atom is -0.292 e. The SMILES string of the molecule is O=C(Nc1ccc(Cl)cn1)n1ccnc1. The van der Waals surface area contributed by atoms with E-state index in [2.05, 4.69) is 15.3 Å². The standard InChI is InChI=1S/C9H7ClN4O/c10-7-1-2-8(12-5-7)13-9(15)14-4-3-11-6-14/h1-6H,(H,12,13,15). The predicted octanol–water partition coefficient (Wildman–Crippen LogP) is 2.01.